The summed E-state index contributed by atoms with van der Waals surface area (Å²) >= 11 is 17.9. The summed E-state index contributed by atoms with van der Waals surface area (Å²) in [6.07, 6.45) is 0. The van der Waals surface area contributed by atoms with Crippen molar-refractivity contribution in [2.24, 2.45) is 0 Å². The van der Waals surface area contributed by atoms with Crippen LogP contribution in [0.5, 0.6) is 6.01 Å². The van der Waals surface area contributed by atoms with E-state index in [9.17, 15) is 0 Å². The molecule has 0 saturated heterocycles. The van der Waals surface area contributed by atoms with Gasteiger partial charge in [-0.05, 0) is 12.1 Å². The van der Waals surface area contributed by atoms with Crippen molar-refractivity contribution in [1.29, 1.82) is 0 Å². The maximum absolute atomic E-state index is 6.08. The van der Waals surface area contributed by atoms with Gasteiger partial charge in [-0.2, -0.15) is 15.0 Å². The van der Waals surface area contributed by atoms with Crippen molar-refractivity contribution in [2.75, 3.05) is 24.8 Å². The van der Waals surface area contributed by atoms with Gasteiger partial charge >= 0.3 is 6.01 Å². The Balaban J connectivity index is 2.36. The third-order valence-corrected chi connectivity index (χ3v) is 3.31. The van der Waals surface area contributed by atoms with Gasteiger partial charge in [-0.3, -0.25) is 0 Å². The van der Waals surface area contributed by atoms with E-state index in [2.05, 4.69) is 25.6 Å². The van der Waals surface area contributed by atoms with Crippen LogP contribution in [-0.4, -0.2) is 29.1 Å². The van der Waals surface area contributed by atoms with E-state index in [0.29, 0.717) is 26.7 Å². The van der Waals surface area contributed by atoms with Crippen LogP contribution in [0.3, 0.4) is 0 Å². The lowest BCUT2D eigenvalue weighted by molar-refractivity contribution is 0.379. The molecular weight excluding hydrogens is 325 g/mol. The highest BCUT2D eigenvalue weighted by Gasteiger charge is 2.10. The molecule has 1 aromatic carbocycles. The van der Waals surface area contributed by atoms with Gasteiger partial charge in [-0.1, -0.05) is 34.8 Å². The number of rotatable bonds is 4. The van der Waals surface area contributed by atoms with Crippen LogP contribution in [0.2, 0.25) is 15.1 Å². The fourth-order valence-corrected chi connectivity index (χ4v) is 1.95. The smallest absolute Gasteiger partial charge is 0.322 e. The maximum atomic E-state index is 6.08. The Bertz CT molecular complexity index is 615. The van der Waals surface area contributed by atoms with Crippen LogP contribution < -0.4 is 15.4 Å². The highest BCUT2D eigenvalue weighted by Crippen LogP contribution is 2.33. The van der Waals surface area contributed by atoms with Gasteiger partial charge in [-0.15, -0.1) is 0 Å². The zero-order valence-electron chi connectivity index (χ0n) is 10.5. The van der Waals surface area contributed by atoms with Gasteiger partial charge in [0.2, 0.25) is 11.9 Å². The molecule has 2 aromatic rings. The minimum Gasteiger partial charge on any atom is -0.467 e. The van der Waals surface area contributed by atoms with Crippen LogP contribution in [-0.2, 0) is 0 Å². The Hall–Kier alpha value is -1.50. The van der Waals surface area contributed by atoms with Gasteiger partial charge in [-0.25, -0.2) is 0 Å². The predicted octanol–water partition coefficient (Wildman–Crippen LogP) is 3.63. The minimum absolute atomic E-state index is 0.169. The van der Waals surface area contributed by atoms with E-state index < -0.39 is 0 Å². The topological polar surface area (TPSA) is 72.0 Å². The first-order valence-electron chi connectivity index (χ1n) is 5.43. The number of halogens is 3. The maximum Gasteiger partial charge on any atom is 0.322 e. The number of benzene rings is 1. The first-order valence-corrected chi connectivity index (χ1v) is 6.56. The number of aromatic nitrogens is 3. The highest BCUT2D eigenvalue weighted by molar-refractivity contribution is 6.44. The predicted molar refractivity (Wildman–Crippen MR) is 80.7 cm³/mol. The molecule has 1 heterocycles. The fraction of sp³-hybridized carbons (Fsp3) is 0.182. The lowest BCUT2D eigenvalue weighted by Gasteiger charge is -2.10. The molecule has 0 radical (unpaired) electrons. The summed E-state index contributed by atoms with van der Waals surface area (Å²) in [6.45, 7) is 0. The zero-order chi connectivity index (χ0) is 14.7. The lowest BCUT2D eigenvalue weighted by atomic mass is 10.3. The molecule has 0 aliphatic carbocycles. The standard InChI is InChI=1S/C11H10Cl3N5O/c1-15-9-17-10(19-11(18-9)20-2)16-8-4-6(13)5(12)3-7(8)14/h3-4H,1-2H3,(H2,15,16,17,18,19). The van der Waals surface area contributed by atoms with Gasteiger partial charge in [0.15, 0.2) is 0 Å². The zero-order valence-corrected chi connectivity index (χ0v) is 12.8. The number of ether oxygens (including phenoxy) is 1. The minimum atomic E-state index is 0.169. The second-order valence-electron chi connectivity index (χ2n) is 3.59. The van der Waals surface area contributed by atoms with Crippen molar-refractivity contribution in [3.8, 4) is 6.01 Å². The van der Waals surface area contributed by atoms with Gasteiger partial charge in [0.25, 0.3) is 0 Å². The summed E-state index contributed by atoms with van der Waals surface area (Å²) in [4.78, 5) is 12.2. The first-order chi connectivity index (χ1) is 9.53. The molecule has 2 N–H and O–H groups in total. The van der Waals surface area contributed by atoms with Crippen LogP contribution in [0.4, 0.5) is 17.6 Å². The number of nitrogens with zero attached hydrogens (tertiary/aromatic N) is 3. The Morgan fingerprint density at radius 1 is 0.950 bits per heavy atom. The van der Waals surface area contributed by atoms with E-state index >= 15 is 0 Å². The van der Waals surface area contributed by atoms with Crippen molar-refractivity contribution in [2.45, 2.75) is 0 Å². The second-order valence-corrected chi connectivity index (χ2v) is 4.81. The summed E-state index contributed by atoms with van der Waals surface area (Å²) in [7, 11) is 3.15. The van der Waals surface area contributed by atoms with Gasteiger partial charge in [0.1, 0.15) is 0 Å². The average Bonchev–Trinajstić information content (AvgIpc) is 2.44. The van der Waals surface area contributed by atoms with E-state index in [-0.39, 0.29) is 12.0 Å². The molecule has 9 heteroatoms. The lowest BCUT2D eigenvalue weighted by Crippen LogP contribution is -2.05. The highest BCUT2D eigenvalue weighted by atomic mass is 35.5. The third-order valence-electron chi connectivity index (χ3n) is 2.28. The average molecular weight is 335 g/mol. The van der Waals surface area contributed by atoms with E-state index in [0.717, 1.165) is 0 Å². The monoisotopic (exact) mass is 333 g/mol. The molecule has 2 rings (SSSR count). The number of anilines is 3. The quantitative estimate of drug-likeness (QED) is 0.832. The largest absolute Gasteiger partial charge is 0.467 e. The van der Waals surface area contributed by atoms with Crippen LogP contribution in [0.25, 0.3) is 0 Å². The van der Waals surface area contributed by atoms with E-state index in [1.54, 1.807) is 13.1 Å². The van der Waals surface area contributed by atoms with Crippen molar-refractivity contribution in [3.63, 3.8) is 0 Å². The summed E-state index contributed by atoms with van der Waals surface area (Å²) in [6, 6.07) is 3.29. The molecule has 1 aromatic heterocycles. The van der Waals surface area contributed by atoms with E-state index in [4.69, 9.17) is 39.5 Å². The molecule has 106 valence electrons. The number of hydrogen-bond donors (Lipinski definition) is 2. The molecule has 0 aliphatic heterocycles. The van der Waals surface area contributed by atoms with E-state index in [1.807, 2.05) is 0 Å². The summed E-state index contributed by atoms with van der Waals surface area (Å²) in [5.41, 5.74) is 0.524. The Labute approximate surface area is 130 Å². The molecule has 0 amide bonds. The summed E-state index contributed by atoms with van der Waals surface area (Å²) in [5.74, 6) is 0.622. The normalized spacial score (nSPS) is 10.2. The Morgan fingerprint density at radius 2 is 1.60 bits per heavy atom. The second kappa shape index (κ2) is 6.30. The Kier molecular flexibility index (Phi) is 4.69. The molecule has 20 heavy (non-hydrogen) atoms. The molecule has 0 saturated carbocycles. The number of nitrogens with one attached hydrogen (secondary N) is 2. The molecule has 0 aliphatic rings. The van der Waals surface area contributed by atoms with Crippen molar-refractivity contribution < 1.29 is 4.74 Å². The van der Waals surface area contributed by atoms with Gasteiger partial charge in [0, 0.05) is 7.05 Å². The number of hydrogen-bond acceptors (Lipinski definition) is 6. The molecule has 0 spiro atoms. The van der Waals surface area contributed by atoms with Gasteiger partial charge in [0.05, 0.1) is 27.9 Å². The first kappa shape index (κ1) is 14.9. The molecule has 0 bridgehead atoms. The van der Waals surface area contributed by atoms with Crippen LogP contribution in [0.15, 0.2) is 12.1 Å². The number of methoxy groups -OCH3 is 1. The fourth-order valence-electron chi connectivity index (χ4n) is 1.35. The van der Waals surface area contributed by atoms with Crippen LogP contribution >= 0.6 is 34.8 Å². The van der Waals surface area contributed by atoms with Crippen molar-refractivity contribution in [1.82, 2.24) is 15.0 Å². The van der Waals surface area contributed by atoms with Crippen LogP contribution in [0, 0.1) is 0 Å². The molecule has 0 unspecified atom stereocenters. The summed E-state index contributed by atoms with van der Waals surface area (Å²) < 4.78 is 4.99. The summed E-state index contributed by atoms with van der Waals surface area (Å²) in [5, 5.41) is 6.86. The third kappa shape index (κ3) is 3.33. The van der Waals surface area contributed by atoms with Crippen molar-refractivity contribution in [3.05, 3.63) is 27.2 Å². The van der Waals surface area contributed by atoms with Crippen LogP contribution in [0.1, 0.15) is 0 Å². The SMILES string of the molecule is CNc1nc(Nc2cc(Cl)c(Cl)cc2Cl)nc(OC)n1. The molecule has 6 nitrogen and oxygen atoms in total. The Morgan fingerprint density at radius 3 is 2.25 bits per heavy atom. The van der Waals surface area contributed by atoms with Gasteiger partial charge < -0.3 is 15.4 Å². The van der Waals surface area contributed by atoms with Crippen molar-refractivity contribution >= 4 is 52.4 Å². The molecule has 0 atom stereocenters. The molecule has 0 fully saturated rings. The van der Waals surface area contributed by atoms with E-state index in [1.165, 1.54) is 13.2 Å². The molecular formula is C11H10Cl3N5O.